The van der Waals surface area contributed by atoms with Gasteiger partial charge in [0, 0.05) is 17.7 Å². The number of rotatable bonds is 8. The van der Waals surface area contributed by atoms with Gasteiger partial charge in [-0.05, 0) is 42.2 Å². The van der Waals surface area contributed by atoms with Crippen LogP contribution in [0.25, 0.3) is 6.08 Å². The summed E-state index contributed by atoms with van der Waals surface area (Å²) in [6.07, 6.45) is 1.54. The Morgan fingerprint density at radius 3 is 2.48 bits per heavy atom. The number of carbonyl (C=O) groups is 1. The fraction of sp³-hybridized carbons (Fsp3) is 0.273. The average molecular weight is 459 g/mol. The van der Waals surface area contributed by atoms with E-state index in [0.717, 1.165) is 28.6 Å². The fourth-order valence-electron chi connectivity index (χ4n) is 3.00. The van der Waals surface area contributed by atoms with E-state index < -0.39 is 4.92 Å². The van der Waals surface area contributed by atoms with Crippen molar-refractivity contribution in [3.05, 3.63) is 68.1 Å². The number of carbonyl (C=O) groups excluding carboxylic acids is 1. The van der Waals surface area contributed by atoms with Gasteiger partial charge in [-0.1, -0.05) is 50.0 Å². The first-order chi connectivity index (χ1) is 14.7. The van der Waals surface area contributed by atoms with Crippen molar-refractivity contribution in [1.82, 2.24) is 5.32 Å². The van der Waals surface area contributed by atoms with Crippen molar-refractivity contribution in [2.45, 2.75) is 26.7 Å². The molecule has 7 nitrogen and oxygen atoms in total. The molecule has 1 amide bonds. The van der Waals surface area contributed by atoms with Crippen LogP contribution in [0.1, 0.15) is 36.5 Å². The number of nitro benzene ring substituents is 1. The van der Waals surface area contributed by atoms with Crippen LogP contribution in [0.4, 0.5) is 5.69 Å². The minimum Gasteiger partial charge on any atom is -0.490 e. The topological polar surface area (TPSA) is 90.7 Å². The van der Waals surface area contributed by atoms with Crippen LogP contribution in [0.2, 0.25) is 0 Å². The Bertz CT molecular complexity index is 1070. The molecule has 1 saturated heterocycles. The molecule has 3 rings (SSSR count). The molecule has 2 aromatic rings. The van der Waals surface area contributed by atoms with Crippen LogP contribution >= 0.6 is 24.0 Å². The first-order valence-electron chi connectivity index (χ1n) is 9.64. The molecule has 0 bridgehead atoms. The Balaban J connectivity index is 1.74. The molecular formula is C22H22N2O5S2. The van der Waals surface area contributed by atoms with Crippen molar-refractivity contribution in [3.63, 3.8) is 0 Å². The molecule has 0 atom stereocenters. The highest BCUT2D eigenvalue weighted by atomic mass is 32.2. The van der Waals surface area contributed by atoms with Gasteiger partial charge in [0.2, 0.25) is 0 Å². The molecule has 2 aromatic carbocycles. The van der Waals surface area contributed by atoms with Gasteiger partial charge in [-0.25, -0.2) is 0 Å². The van der Waals surface area contributed by atoms with Gasteiger partial charge in [-0.3, -0.25) is 14.9 Å². The average Bonchev–Trinajstić information content (AvgIpc) is 3.02. The Labute approximate surface area is 190 Å². The second-order valence-electron chi connectivity index (χ2n) is 7.22. The minimum atomic E-state index is -0.493. The largest absolute Gasteiger partial charge is 0.490 e. The highest BCUT2D eigenvalue weighted by Gasteiger charge is 2.23. The Hall–Kier alpha value is -2.91. The molecule has 162 valence electrons. The first kappa shape index (κ1) is 22.8. The number of non-ortho nitro benzene ring substituents is 1. The van der Waals surface area contributed by atoms with Gasteiger partial charge >= 0.3 is 0 Å². The molecule has 1 fully saturated rings. The van der Waals surface area contributed by atoms with Gasteiger partial charge in [-0.2, -0.15) is 0 Å². The van der Waals surface area contributed by atoms with E-state index in [1.165, 1.54) is 18.2 Å². The van der Waals surface area contributed by atoms with Crippen LogP contribution in [0.15, 0.2) is 41.3 Å². The summed E-state index contributed by atoms with van der Waals surface area (Å²) in [5.41, 5.74) is 2.55. The van der Waals surface area contributed by atoms with E-state index in [1.807, 2.05) is 13.0 Å². The number of nitro groups is 1. The second kappa shape index (κ2) is 9.93. The van der Waals surface area contributed by atoms with Crippen molar-refractivity contribution in [2.75, 3.05) is 13.2 Å². The number of thiocarbonyl (C=S) groups is 1. The smallest absolute Gasteiger partial charge is 0.270 e. The van der Waals surface area contributed by atoms with Crippen molar-refractivity contribution < 1.29 is 19.2 Å². The lowest BCUT2D eigenvalue weighted by molar-refractivity contribution is -0.384. The summed E-state index contributed by atoms with van der Waals surface area (Å²) in [5.74, 6) is 1.22. The van der Waals surface area contributed by atoms with Gasteiger partial charge < -0.3 is 14.8 Å². The predicted octanol–water partition coefficient (Wildman–Crippen LogP) is 4.97. The summed E-state index contributed by atoms with van der Waals surface area (Å²) in [7, 11) is 0. The zero-order chi connectivity index (χ0) is 22.5. The van der Waals surface area contributed by atoms with Crippen LogP contribution in [-0.4, -0.2) is 28.4 Å². The normalized spacial score (nSPS) is 14.8. The van der Waals surface area contributed by atoms with Crippen LogP contribution in [0.5, 0.6) is 11.5 Å². The highest BCUT2D eigenvalue weighted by Crippen LogP contribution is 2.32. The van der Waals surface area contributed by atoms with E-state index in [9.17, 15) is 14.9 Å². The van der Waals surface area contributed by atoms with Crippen LogP contribution in [-0.2, 0) is 4.79 Å². The van der Waals surface area contributed by atoms with Gasteiger partial charge in [0.1, 0.15) is 29.0 Å². The Morgan fingerprint density at radius 1 is 1.16 bits per heavy atom. The van der Waals surface area contributed by atoms with Gasteiger partial charge in [0.15, 0.2) is 0 Å². The molecule has 0 aliphatic carbocycles. The zero-order valence-electron chi connectivity index (χ0n) is 17.3. The monoisotopic (exact) mass is 458 g/mol. The molecular weight excluding hydrogens is 436 g/mol. The van der Waals surface area contributed by atoms with Crippen LogP contribution < -0.4 is 14.8 Å². The summed E-state index contributed by atoms with van der Waals surface area (Å²) >= 11 is 6.10. The first-order valence-corrected chi connectivity index (χ1v) is 10.9. The van der Waals surface area contributed by atoms with Crippen molar-refractivity contribution in [2.24, 2.45) is 0 Å². The third-order valence-electron chi connectivity index (χ3n) is 4.52. The maximum Gasteiger partial charge on any atom is 0.270 e. The number of nitrogens with zero attached hydrogens (tertiary/aromatic N) is 1. The Kier molecular flexibility index (Phi) is 7.29. The van der Waals surface area contributed by atoms with Crippen molar-refractivity contribution in [1.29, 1.82) is 0 Å². The number of hydrogen-bond donors (Lipinski definition) is 1. The Morgan fingerprint density at radius 2 is 1.87 bits per heavy atom. The van der Waals surface area contributed by atoms with Crippen molar-refractivity contribution in [3.8, 4) is 11.5 Å². The number of amides is 1. The van der Waals surface area contributed by atoms with Crippen LogP contribution in [0, 0.1) is 17.0 Å². The third-order valence-corrected chi connectivity index (χ3v) is 5.69. The lowest BCUT2D eigenvalue weighted by atomic mass is 10.0. The fourth-order valence-corrected chi connectivity index (χ4v) is 4.04. The lowest BCUT2D eigenvalue weighted by Gasteiger charge is -2.15. The molecule has 1 heterocycles. The van der Waals surface area contributed by atoms with E-state index in [2.05, 4.69) is 31.3 Å². The van der Waals surface area contributed by atoms with E-state index >= 15 is 0 Å². The maximum absolute atomic E-state index is 12.0. The third kappa shape index (κ3) is 5.83. The molecule has 0 saturated carbocycles. The number of hydrogen-bond acceptors (Lipinski definition) is 7. The SMILES string of the molecule is Cc1ccc(C(C)C)c(OCCOc2ccc([N+](=O)[O-])cc2/C=C2/SC(=S)NC2=O)c1. The summed E-state index contributed by atoms with van der Waals surface area (Å²) in [6.45, 7) is 6.75. The number of benzene rings is 2. The van der Waals surface area contributed by atoms with Gasteiger partial charge in [0.05, 0.1) is 9.83 Å². The molecule has 1 aliphatic heterocycles. The summed E-state index contributed by atoms with van der Waals surface area (Å²) < 4.78 is 12.1. The van der Waals surface area contributed by atoms with Gasteiger partial charge in [-0.15, -0.1) is 0 Å². The quantitative estimate of drug-likeness (QED) is 0.196. The van der Waals surface area contributed by atoms with E-state index in [1.54, 1.807) is 6.08 Å². The number of nitrogens with one attached hydrogen (secondary N) is 1. The lowest BCUT2D eigenvalue weighted by Crippen LogP contribution is -2.17. The molecule has 0 radical (unpaired) electrons. The van der Waals surface area contributed by atoms with E-state index in [4.69, 9.17) is 21.7 Å². The summed E-state index contributed by atoms with van der Waals surface area (Å²) in [5, 5.41) is 13.7. The number of ether oxygens (including phenoxy) is 2. The molecule has 31 heavy (non-hydrogen) atoms. The number of thioether (sulfide) groups is 1. The maximum atomic E-state index is 12.0. The highest BCUT2D eigenvalue weighted by molar-refractivity contribution is 8.26. The molecule has 1 aliphatic rings. The molecule has 0 unspecified atom stereocenters. The minimum absolute atomic E-state index is 0.0947. The zero-order valence-corrected chi connectivity index (χ0v) is 19.0. The molecule has 1 N–H and O–H groups in total. The predicted molar refractivity (Wildman–Crippen MR) is 126 cm³/mol. The van der Waals surface area contributed by atoms with E-state index in [-0.39, 0.29) is 18.2 Å². The van der Waals surface area contributed by atoms with Crippen LogP contribution in [0.3, 0.4) is 0 Å². The number of aryl methyl sites for hydroxylation is 1. The molecule has 9 heteroatoms. The van der Waals surface area contributed by atoms with Crippen molar-refractivity contribution >= 4 is 46.0 Å². The van der Waals surface area contributed by atoms with Gasteiger partial charge in [0.25, 0.3) is 11.6 Å². The standard InChI is InChI=1S/C22H22N2O5S2/c1-13(2)17-6-4-14(3)10-19(17)29-9-8-28-18-7-5-16(24(26)27)11-15(18)12-20-21(25)23-22(30)31-20/h4-7,10-13H,8-9H2,1-3H3,(H,23,25,30)/b20-12+. The van der Waals surface area contributed by atoms with E-state index in [0.29, 0.717) is 33.1 Å². The summed E-state index contributed by atoms with van der Waals surface area (Å²) in [4.78, 5) is 23.0. The second-order valence-corrected chi connectivity index (χ2v) is 8.94. The molecule has 0 spiro atoms. The summed E-state index contributed by atoms with van der Waals surface area (Å²) in [6, 6.07) is 10.4. The molecule has 0 aromatic heterocycles.